The molecule has 1 aliphatic carbocycles. The summed E-state index contributed by atoms with van der Waals surface area (Å²) in [5.41, 5.74) is 4.40. The van der Waals surface area contributed by atoms with Crippen LogP contribution in [0.15, 0.2) is 29.3 Å². The van der Waals surface area contributed by atoms with Crippen molar-refractivity contribution in [3.8, 4) is 6.07 Å². The molecule has 2 saturated heterocycles. The van der Waals surface area contributed by atoms with Gasteiger partial charge in [-0.15, -0.1) is 0 Å². The third-order valence-electron chi connectivity index (χ3n) is 7.82. The van der Waals surface area contributed by atoms with Crippen molar-refractivity contribution in [1.29, 1.82) is 5.26 Å². The number of aliphatic imine (C=N–C) groups is 1. The summed E-state index contributed by atoms with van der Waals surface area (Å²) in [6, 6.07) is 8.01. The van der Waals surface area contributed by atoms with E-state index in [0.29, 0.717) is 32.2 Å². The highest BCUT2D eigenvalue weighted by Gasteiger charge is 2.27. The van der Waals surface area contributed by atoms with E-state index in [1.807, 2.05) is 11.0 Å². The largest absolute Gasteiger partial charge is 0.379 e. The summed E-state index contributed by atoms with van der Waals surface area (Å²) in [7, 11) is 0. The lowest BCUT2D eigenvalue weighted by molar-refractivity contribution is -0.134. The monoisotopic (exact) mass is 504 g/mol. The van der Waals surface area contributed by atoms with Crippen LogP contribution in [0, 0.1) is 11.3 Å². The van der Waals surface area contributed by atoms with Crippen molar-refractivity contribution in [2.75, 3.05) is 57.8 Å². The summed E-state index contributed by atoms with van der Waals surface area (Å²) < 4.78 is 5.39. The number of allylic oxidation sites excluding steroid dienone is 2. The van der Waals surface area contributed by atoms with Gasteiger partial charge in [-0.1, -0.05) is 12.1 Å². The highest BCUT2D eigenvalue weighted by molar-refractivity contribution is 6.42. The Balaban J connectivity index is 1.26. The molecule has 0 spiro atoms. The first-order chi connectivity index (χ1) is 18.1. The number of nitriles is 1. The van der Waals surface area contributed by atoms with Crippen molar-refractivity contribution < 1.29 is 14.3 Å². The Hall–Kier alpha value is -3.22. The summed E-state index contributed by atoms with van der Waals surface area (Å²) in [5.74, 6) is 0.509. The van der Waals surface area contributed by atoms with Gasteiger partial charge < -0.3 is 20.3 Å². The van der Waals surface area contributed by atoms with E-state index in [4.69, 9.17) is 10.00 Å². The van der Waals surface area contributed by atoms with Crippen molar-refractivity contribution in [2.24, 2.45) is 4.99 Å². The first-order valence-corrected chi connectivity index (χ1v) is 13.5. The molecule has 1 atom stereocenters. The summed E-state index contributed by atoms with van der Waals surface area (Å²) >= 11 is 0. The first kappa shape index (κ1) is 25.4. The van der Waals surface area contributed by atoms with E-state index in [1.165, 1.54) is 17.6 Å². The summed E-state index contributed by atoms with van der Waals surface area (Å²) in [4.78, 5) is 34.1. The van der Waals surface area contributed by atoms with Crippen LogP contribution in [-0.4, -0.2) is 86.0 Å². The quantitative estimate of drug-likeness (QED) is 0.616. The maximum atomic E-state index is 12.9. The number of nitrogens with zero attached hydrogens (tertiary/aromatic N) is 4. The highest BCUT2D eigenvalue weighted by atomic mass is 16.5. The fraction of sp³-hybridized carbons (Fsp3) is 0.571. The van der Waals surface area contributed by atoms with E-state index < -0.39 is 6.04 Å². The molecule has 2 fully saturated rings. The van der Waals surface area contributed by atoms with Crippen molar-refractivity contribution in [2.45, 2.75) is 50.5 Å². The van der Waals surface area contributed by atoms with Gasteiger partial charge in [0, 0.05) is 37.4 Å². The third kappa shape index (κ3) is 6.20. The average Bonchev–Trinajstić information content (AvgIpc) is 3.44. The lowest BCUT2D eigenvalue weighted by atomic mass is 9.85. The number of carbonyl (C=O) groups is 2. The smallest absolute Gasteiger partial charge is 0.290 e. The van der Waals surface area contributed by atoms with Gasteiger partial charge in [0.15, 0.2) is 5.84 Å². The van der Waals surface area contributed by atoms with Gasteiger partial charge in [0.2, 0.25) is 5.91 Å². The van der Waals surface area contributed by atoms with Crippen LogP contribution in [0.2, 0.25) is 0 Å². The van der Waals surface area contributed by atoms with Gasteiger partial charge in [0.25, 0.3) is 5.91 Å². The zero-order valence-electron chi connectivity index (χ0n) is 21.4. The molecule has 0 bridgehead atoms. The molecule has 1 aromatic carbocycles. The number of hydrogen-bond donors (Lipinski definition) is 2. The van der Waals surface area contributed by atoms with Crippen molar-refractivity contribution in [3.63, 3.8) is 0 Å². The van der Waals surface area contributed by atoms with Crippen LogP contribution in [-0.2, 0) is 14.3 Å². The van der Waals surface area contributed by atoms with Crippen molar-refractivity contribution in [3.05, 3.63) is 35.4 Å². The zero-order valence-corrected chi connectivity index (χ0v) is 21.4. The predicted molar refractivity (Wildman–Crippen MR) is 142 cm³/mol. The predicted octanol–water partition coefficient (Wildman–Crippen LogP) is 2.51. The van der Waals surface area contributed by atoms with Gasteiger partial charge in [-0.3, -0.25) is 19.5 Å². The Morgan fingerprint density at radius 1 is 1.16 bits per heavy atom. The van der Waals surface area contributed by atoms with Crippen molar-refractivity contribution >= 4 is 28.9 Å². The summed E-state index contributed by atoms with van der Waals surface area (Å²) in [6.45, 7) is 5.38. The first-order valence-electron chi connectivity index (χ1n) is 13.5. The van der Waals surface area contributed by atoms with Gasteiger partial charge in [0.1, 0.15) is 6.04 Å². The minimum atomic E-state index is -0.449. The Morgan fingerprint density at radius 2 is 1.97 bits per heavy atom. The topological polar surface area (TPSA) is 110 Å². The van der Waals surface area contributed by atoms with Gasteiger partial charge in [-0.2, -0.15) is 5.26 Å². The molecule has 0 radical (unpaired) electrons. The van der Waals surface area contributed by atoms with Gasteiger partial charge in [-0.25, -0.2) is 0 Å². The molecule has 3 heterocycles. The number of carbonyl (C=O) groups excluding carboxylic acids is 2. The minimum absolute atomic E-state index is 0.216. The highest BCUT2D eigenvalue weighted by Crippen LogP contribution is 2.36. The Morgan fingerprint density at radius 3 is 2.68 bits per heavy atom. The Kier molecular flexibility index (Phi) is 8.17. The van der Waals surface area contributed by atoms with E-state index in [0.717, 1.165) is 69.5 Å². The normalized spacial score (nSPS) is 23.0. The number of hydrogen-bond acceptors (Lipinski definition) is 7. The van der Waals surface area contributed by atoms with E-state index >= 15 is 0 Å². The second-order valence-electron chi connectivity index (χ2n) is 10.3. The summed E-state index contributed by atoms with van der Waals surface area (Å²) in [6.07, 6.45) is 8.56. The molecule has 4 aliphatic rings. The minimum Gasteiger partial charge on any atom is -0.379 e. The van der Waals surface area contributed by atoms with Crippen LogP contribution in [0.3, 0.4) is 0 Å². The second kappa shape index (κ2) is 11.9. The Labute approximate surface area is 218 Å². The number of ether oxygens (including phenoxy) is 1. The molecule has 0 aromatic heterocycles. The standard InChI is InChI=1S/C28H36N6O3/c29-17-23-18-30-27(31-23)28(36)32-25-7-6-22(16-24(25)21-4-2-1-3-5-21)20-8-10-34(11-9-20)26(35)19-33-12-14-37-15-13-33/h4,6-7,16,20,23H,1-3,5,8-15,18-19H2,(H,30,31)(H,32,36). The molecule has 2 N–H and O–H groups in total. The number of amides is 2. The molecule has 9 heteroatoms. The fourth-order valence-corrected chi connectivity index (χ4v) is 5.62. The number of nitrogens with one attached hydrogen (secondary N) is 2. The van der Waals surface area contributed by atoms with Gasteiger partial charge >= 0.3 is 0 Å². The lowest BCUT2D eigenvalue weighted by Gasteiger charge is -2.35. The van der Waals surface area contributed by atoms with Crippen LogP contribution < -0.4 is 10.6 Å². The van der Waals surface area contributed by atoms with Crippen LogP contribution >= 0.6 is 0 Å². The third-order valence-corrected chi connectivity index (χ3v) is 7.82. The molecule has 5 rings (SSSR count). The van der Waals surface area contributed by atoms with Crippen molar-refractivity contribution in [1.82, 2.24) is 15.1 Å². The van der Waals surface area contributed by atoms with E-state index in [2.05, 4.69) is 44.8 Å². The average molecular weight is 505 g/mol. The maximum Gasteiger partial charge on any atom is 0.290 e. The maximum absolute atomic E-state index is 12.9. The number of benzene rings is 1. The molecule has 1 unspecified atom stereocenters. The SMILES string of the molecule is N#CC1CN=C(C(=O)Nc2ccc(C3CCN(C(=O)CN4CCOCC4)CC3)cc2C2=CCCCC2)N1. The number of anilines is 1. The number of morpholine rings is 1. The zero-order chi connectivity index (χ0) is 25.6. The lowest BCUT2D eigenvalue weighted by Crippen LogP contribution is -2.46. The van der Waals surface area contributed by atoms with E-state index in [1.54, 1.807) is 0 Å². The van der Waals surface area contributed by atoms with Crippen LogP contribution in [0.4, 0.5) is 5.69 Å². The second-order valence-corrected chi connectivity index (χ2v) is 10.3. The molecule has 2 amide bonds. The molecule has 0 saturated carbocycles. The van der Waals surface area contributed by atoms with Crippen LogP contribution in [0.1, 0.15) is 55.6 Å². The number of likely N-dealkylation sites (tertiary alicyclic amines) is 1. The van der Waals surface area contributed by atoms with E-state index in [9.17, 15) is 9.59 Å². The molecule has 9 nitrogen and oxygen atoms in total. The van der Waals surface area contributed by atoms with E-state index in [-0.39, 0.29) is 17.6 Å². The number of amidine groups is 1. The molecule has 3 aliphatic heterocycles. The molecular formula is C28H36N6O3. The van der Waals surface area contributed by atoms with Gasteiger partial charge in [-0.05, 0) is 67.7 Å². The Bertz CT molecular complexity index is 1110. The molecule has 37 heavy (non-hydrogen) atoms. The number of piperidine rings is 1. The fourth-order valence-electron chi connectivity index (χ4n) is 5.62. The molecule has 196 valence electrons. The van der Waals surface area contributed by atoms with Gasteiger partial charge in [0.05, 0.1) is 32.4 Å². The molecular weight excluding hydrogens is 468 g/mol. The molecule has 1 aromatic rings. The summed E-state index contributed by atoms with van der Waals surface area (Å²) in [5, 5.41) is 15.0. The number of rotatable bonds is 6. The van der Waals surface area contributed by atoms with Crippen LogP contribution in [0.5, 0.6) is 0 Å². The van der Waals surface area contributed by atoms with Crippen LogP contribution in [0.25, 0.3) is 5.57 Å².